The molecular weight excluding hydrogens is 304 g/mol. The highest BCUT2D eigenvalue weighted by molar-refractivity contribution is 5.95. The highest BCUT2D eigenvalue weighted by Crippen LogP contribution is 2.20. The van der Waals surface area contributed by atoms with Crippen LogP contribution < -0.4 is 10.9 Å². The average molecular weight is 324 g/mol. The molecule has 0 saturated carbocycles. The number of nitrogens with zero attached hydrogens (tertiary/aromatic N) is 2. The molecule has 6 heteroatoms. The van der Waals surface area contributed by atoms with Gasteiger partial charge in [-0.15, -0.1) is 0 Å². The van der Waals surface area contributed by atoms with E-state index in [4.69, 9.17) is 0 Å². The normalized spacial score (nSPS) is 15.2. The Morgan fingerprint density at radius 3 is 2.67 bits per heavy atom. The van der Waals surface area contributed by atoms with Gasteiger partial charge in [-0.25, -0.2) is 0 Å². The lowest BCUT2D eigenvalue weighted by Crippen LogP contribution is -2.52. The van der Waals surface area contributed by atoms with E-state index >= 15 is 0 Å². The Balaban J connectivity index is 1.55. The number of nitrogens with one attached hydrogen (secondary N) is 2. The Labute approximate surface area is 140 Å². The Hall–Kier alpha value is -2.73. The fourth-order valence-corrected chi connectivity index (χ4v) is 2.81. The number of hydrazine groups is 1. The van der Waals surface area contributed by atoms with Crippen LogP contribution in [0.1, 0.15) is 28.4 Å². The van der Waals surface area contributed by atoms with Gasteiger partial charge in [0.15, 0.2) is 0 Å². The summed E-state index contributed by atoms with van der Waals surface area (Å²) < 4.78 is 0. The van der Waals surface area contributed by atoms with E-state index in [2.05, 4.69) is 32.9 Å². The topological polar surface area (TPSA) is 74.3 Å². The third-order valence-electron chi connectivity index (χ3n) is 4.31. The second-order valence-corrected chi connectivity index (χ2v) is 5.85. The van der Waals surface area contributed by atoms with Crippen molar-refractivity contribution in [3.8, 4) is 0 Å². The van der Waals surface area contributed by atoms with Crippen LogP contribution in [0.4, 0.5) is 0 Å². The fourth-order valence-electron chi connectivity index (χ4n) is 2.81. The van der Waals surface area contributed by atoms with Crippen LogP contribution in [0, 0.1) is 0 Å². The van der Waals surface area contributed by atoms with Gasteiger partial charge < -0.3 is 0 Å². The first-order valence-electron chi connectivity index (χ1n) is 7.96. The van der Waals surface area contributed by atoms with Crippen LogP contribution in [0.15, 0.2) is 48.8 Å². The second kappa shape index (κ2) is 7.23. The molecule has 1 aliphatic rings. The van der Waals surface area contributed by atoms with Crippen molar-refractivity contribution in [2.75, 3.05) is 6.54 Å². The average Bonchev–Trinajstić information content (AvgIpc) is 2.65. The SMILES string of the molecule is C[C@H](C(=O)NNC(=O)c1cccnc1)N1CCc2ccccc2C1. The van der Waals surface area contributed by atoms with E-state index in [-0.39, 0.29) is 17.9 Å². The van der Waals surface area contributed by atoms with E-state index in [0.29, 0.717) is 5.56 Å². The molecule has 0 aliphatic carbocycles. The van der Waals surface area contributed by atoms with E-state index in [0.717, 1.165) is 19.5 Å². The summed E-state index contributed by atoms with van der Waals surface area (Å²) in [5, 5.41) is 0. The molecule has 3 rings (SSSR count). The molecule has 2 heterocycles. The zero-order valence-corrected chi connectivity index (χ0v) is 13.5. The molecule has 0 unspecified atom stereocenters. The summed E-state index contributed by atoms with van der Waals surface area (Å²) in [5.41, 5.74) is 7.92. The van der Waals surface area contributed by atoms with Gasteiger partial charge in [-0.05, 0) is 36.6 Å². The highest BCUT2D eigenvalue weighted by Gasteiger charge is 2.25. The van der Waals surface area contributed by atoms with Crippen molar-refractivity contribution in [3.63, 3.8) is 0 Å². The maximum Gasteiger partial charge on any atom is 0.271 e. The zero-order valence-electron chi connectivity index (χ0n) is 13.5. The fraction of sp³-hybridized carbons (Fsp3) is 0.278. The summed E-state index contributed by atoms with van der Waals surface area (Å²) in [6, 6.07) is 11.3. The third kappa shape index (κ3) is 3.60. The molecule has 1 aromatic heterocycles. The number of benzene rings is 1. The summed E-state index contributed by atoms with van der Waals surface area (Å²) in [4.78, 5) is 30.2. The summed E-state index contributed by atoms with van der Waals surface area (Å²) >= 11 is 0. The number of pyridine rings is 1. The minimum atomic E-state index is -0.382. The van der Waals surface area contributed by atoms with E-state index in [9.17, 15) is 9.59 Å². The van der Waals surface area contributed by atoms with Gasteiger partial charge in [0.2, 0.25) is 0 Å². The lowest BCUT2D eigenvalue weighted by atomic mass is 9.99. The van der Waals surface area contributed by atoms with Crippen LogP contribution in [0.2, 0.25) is 0 Å². The first-order chi connectivity index (χ1) is 11.6. The molecule has 124 valence electrons. The standard InChI is InChI=1S/C18H20N4O2/c1-13(22-10-8-14-5-2-3-6-16(14)12-22)17(23)20-21-18(24)15-7-4-9-19-11-15/h2-7,9,11,13H,8,10,12H2,1H3,(H,20,23)(H,21,24)/t13-/m1/s1. The summed E-state index contributed by atoms with van der Waals surface area (Å²) in [6.45, 7) is 3.41. The summed E-state index contributed by atoms with van der Waals surface area (Å²) in [5.74, 6) is -0.612. The predicted octanol–water partition coefficient (Wildman–Crippen LogP) is 1.29. The maximum absolute atomic E-state index is 12.3. The molecule has 2 N–H and O–H groups in total. The molecule has 0 spiro atoms. The van der Waals surface area contributed by atoms with Crippen LogP contribution in [0.3, 0.4) is 0 Å². The molecule has 0 saturated heterocycles. The number of carbonyl (C=O) groups is 2. The van der Waals surface area contributed by atoms with Gasteiger partial charge in [-0.3, -0.25) is 30.3 Å². The molecule has 0 fully saturated rings. The molecule has 6 nitrogen and oxygen atoms in total. The van der Waals surface area contributed by atoms with Crippen molar-refractivity contribution in [3.05, 3.63) is 65.5 Å². The van der Waals surface area contributed by atoms with Gasteiger partial charge in [-0.2, -0.15) is 0 Å². The molecule has 0 radical (unpaired) electrons. The van der Waals surface area contributed by atoms with Gasteiger partial charge in [0.05, 0.1) is 11.6 Å². The Bertz CT molecular complexity index is 733. The Morgan fingerprint density at radius 2 is 1.92 bits per heavy atom. The van der Waals surface area contributed by atoms with Crippen LogP contribution in [0.5, 0.6) is 0 Å². The van der Waals surface area contributed by atoms with E-state index in [1.165, 1.54) is 17.3 Å². The molecule has 1 aromatic carbocycles. The minimum absolute atomic E-state index is 0.230. The van der Waals surface area contributed by atoms with Crippen LogP contribution >= 0.6 is 0 Å². The zero-order chi connectivity index (χ0) is 16.9. The molecule has 0 bridgehead atoms. The van der Waals surface area contributed by atoms with Gasteiger partial charge in [0.25, 0.3) is 11.8 Å². The van der Waals surface area contributed by atoms with Gasteiger partial charge >= 0.3 is 0 Å². The van der Waals surface area contributed by atoms with Gasteiger partial charge in [0, 0.05) is 25.5 Å². The first kappa shape index (κ1) is 16.1. The van der Waals surface area contributed by atoms with Crippen LogP contribution in [-0.2, 0) is 17.8 Å². The number of amides is 2. The van der Waals surface area contributed by atoms with Crippen molar-refractivity contribution in [1.82, 2.24) is 20.7 Å². The first-order valence-corrected chi connectivity index (χ1v) is 7.96. The lowest BCUT2D eigenvalue weighted by Gasteiger charge is -2.32. The number of rotatable bonds is 3. The maximum atomic E-state index is 12.3. The number of aromatic nitrogens is 1. The van der Waals surface area contributed by atoms with E-state index in [1.807, 2.05) is 19.1 Å². The molecule has 24 heavy (non-hydrogen) atoms. The van der Waals surface area contributed by atoms with Crippen molar-refractivity contribution >= 4 is 11.8 Å². The minimum Gasteiger partial charge on any atom is -0.287 e. The molecule has 1 atom stereocenters. The van der Waals surface area contributed by atoms with Crippen molar-refractivity contribution in [2.45, 2.75) is 25.9 Å². The van der Waals surface area contributed by atoms with Crippen molar-refractivity contribution in [2.24, 2.45) is 0 Å². The third-order valence-corrected chi connectivity index (χ3v) is 4.31. The van der Waals surface area contributed by atoms with E-state index < -0.39 is 0 Å². The van der Waals surface area contributed by atoms with Crippen LogP contribution in [0.25, 0.3) is 0 Å². The van der Waals surface area contributed by atoms with Crippen molar-refractivity contribution < 1.29 is 9.59 Å². The second-order valence-electron chi connectivity index (χ2n) is 5.85. The number of carbonyl (C=O) groups excluding carboxylic acids is 2. The molecule has 2 aromatic rings. The van der Waals surface area contributed by atoms with Crippen molar-refractivity contribution in [1.29, 1.82) is 0 Å². The Kier molecular flexibility index (Phi) is 4.86. The Morgan fingerprint density at radius 1 is 1.12 bits per heavy atom. The monoisotopic (exact) mass is 324 g/mol. The van der Waals surface area contributed by atoms with E-state index in [1.54, 1.807) is 18.3 Å². The summed E-state index contributed by atoms with van der Waals surface area (Å²) in [6.07, 6.45) is 3.97. The lowest BCUT2D eigenvalue weighted by molar-refractivity contribution is -0.127. The number of hydrogen-bond acceptors (Lipinski definition) is 4. The quantitative estimate of drug-likeness (QED) is 0.835. The largest absolute Gasteiger partial charge is 0.287 e. The van der Waals surface area contributed by atoms with Gasteiger partial charge in [0.1, 0.15) is 0 Å². The smallest absolute Gasteiger partial charge is 0.271 e. The van der Waals surface area contributed by atoms with Gasteiger partial charge in [-0.1, -0.05) is 24.3 Å². The number of hydrogen-bond donors (Lipinski definition) is 2. The molecular formula is C18H20N4O2. The highest BCUT2D eigenvalue weighted by atomic mass is 16.2. The predicted molar refractivity (Wildman–Crippen MR) is 89.9 cm³/mol. The molecule has 2 amide bonds. The molecule has 1 aliphatic heterocycles. The number of fused-ring (bicyclic) bond motifs is 1. The summed E-state index contributed by atoms with van der Waals surface area (Å²) in [7, 11) is 0. The van der Waals surface area contributed by atoms with Crippen LogP contribution in [-0.4, -0.2) is 34.3 Å².